The lowest BCUT2D eigenvalue weighted by molar-refractivity contribution is -0.144. The van der Waals surface area contributed by atoms with Gasteiger partial charge in [0.15, 0.2) is 0 Å². The van der Waals surface area contributed by atoms with Crippen LogP contribution in [-0.2, 0) is 16.0 Å². The number of nitrogens with zero attached hydrogens (tertiary/aromatic N) is 2. The average Bonchev–Trinajstić information content (AvgIpc) is 2.69. The molecule has 0 radical (unpaired) electrons. The molecule has 1 N–H and O–H groups in total. The molecule has 0 bridgehead atoms. The van der Waals surface area contributed by atoms with Crippen LogP contribution in [0.5, 0.6) is 0 Å². The molecule has 0 aliphatic carbocycles. The molecule has 0 saturated carbocycles. The van der Waals surface area contributed by atoms with E-state index in [-0.39, 0.29) is 0 Å². The number of carbonyl (C=O) groups is 2. The van der Waals surface area contributed by atoms with Gasteiger partial charge in [-0.1, -0.05) is 30.3 Å². The van der Waals surface area contributed by atoms with E-state index in [1.165, 1.54) is 5.56 Å². The molecule has 3 rings (SSSR count). The van der Waals surface area contributed by atoms with Gasteiger partial charge in [-0.15, -0.1) is 0 Å². The van der Waals surface area contributed by atoms with Gasteiger partial charge in [0.1, 0.15) is 0 Å². The van der Waals surface area contributed by atoms with Gasteiger partial charge < -0.3 is 10.2 Å². The van der Waals surface area contributed by atoms with Crippen LogP contribution in [0.25, 0.3) is 0 Å². The Balaban J connectivity index is 1.49. The molecule has 2 aromatic rings. The highest BCUT2D eigenvalue weighted by Gasteiger charge is 2.27. The van der Waals surface area contributed by atoms with Gasteiger partial charge in [-0.05, 0) is 55.0 Å². The summed E-state index contributed by atoms with van der Waals surface area (Å²) < 4.78 is 0. The van der Waals surface area contributed by atoms with Crippen molar-refractivity contribution in [2.75, 3.05) is 18.4 Å². The smallest absolute Gasteiger partial charge is 0.313 e. The zero-order valence-electron chi connectivity index (χ0n) is 14.5. The van der Waals surface area contributed by atoms with Gasteiger partial charge in [0.05, 0.1) is 11.6 Å². The summed E-state index contributed by atoms with van der Waals surface area (Å²) in [5, 5.41) is 11.4. The van der Waals surface area contributed by atoms with Crippen molar-refractivity contribution < 1.29 is 9.59 Å². The lowest BCUT2D eigenvalue weighted by Gasteiger charge is -2.31. The molecule has 5 nitrogen and oxygen atoms in total. The number of anilines is 1. The number of carbonyl (C=O) groups excluding carboxylic acids is 2. The number of likely N-dealkylation sites (tertiary alicyclic amines) is 1. The number of amides is 2. The van der Waals surface area contributed by atoms with Gasteiger partial charge in [0.2, 0.25) is 0 Å². The Bertz CT molecular complexity index is 801. The van der Waals surface area contributed by atoms with Crippen molar-refractivity contribution in [3.05, 3.63) is 65.7 Å². The minimum atomic E-state index is -0.629. The summed E-state index contributed by atoms with van der Waals surface area (Å²) in [7, 11) is 0. The van der Waals surface area contributed by atoms with Gasteiger partial charge in [-0.2, -0.15) is 5.26 Å². The predicted molar refractivity (Wildman–Crippen MR) is 99.2 cm³/mol. The van der Waals surface area contributed by atoms with Crippen molar-refractivity contribution in [1.82, 2.24) is 4.90 Å². The summed E-state index contributed by atoms with van der Waals surface area (Å²) in [6.45, 7) is 1.22. The molecule has 1 heterocycles. The van der Waals surface area contributed by atoms with E-state index in [9.17, 15) is 9.59 Å². The van der Waals surface area contributed by atoms with E-state index in [4.69, 9.17) is 5.26 Å². The molecule has 26 heavy (non-hydrogen) atoms. The molecule has 0 spiro atoms. The second kappa shape index (κ2) is 8.30. The maximum atomic E-state index is 12.4. The molecule has 0 aromatic heterocycles. The van der Waals surface area contributed by atoms with Crippen LogP contribution >= 0.6 is 0 Å². The van der Waals surface area contributed by atoms with Crippen molar-refractivity contribution >= 4 is 17.5 Å². The fraction of sp³-hybridized carbons (Fsp3) is 0.286. The van der Waals surface area contributed by atoms with E-state index in [0.29, 0.717) is 30.3 Å². The first-order chi connectivity index (χ1) is 12.7. The Hall–Kier alpha value is -3.13. The van der Waals surface area contributed by atoms with Gasteiger partial charge in [0.25, 0.3) is 0 Å². The van der Waals surface area contributed by atoms with E-state index in [1.54, 1.807) is 29.2 Å². The number of hydrogen-bond donors (Lipinski definition) is 1. The van der Waals surface area contributed by atoms with Crippen LogP contribution in [0.1, 0.15) is 24.0 Å². The summed E-state index contributed by atoms with van der Waals surface area (Å²) in [4.78, 5) is 26.1. The number of rotatable bonds is 3. The molecule has 1 fully saturated rings. The molecule has 1 aliphatic heterocycles. The van der Waals surface area contributed by atoms with Crippen LogP contribution in [0.2, 0.25) is 0 Å². The first-order valence-electron chi connectivity index (χ1n) is 8.80. The summed E-state index contributed by atoms with van der Waals surface area (Å²) >= 11 is 0. The summed E-state index contributed by atoms with van der Waals surface area (Å²) in [6, 6.07) is 18.8. The third kappa shape index (κ3) is 4.48. The Morgan fingerprint density at radius 1 is 1.04 bits per heavy atom. The van der Waals surface area contributed by atoms with E-state index in [0.717, 1.165) is 19.3 Å². The molecule has 2 aromatic carbocycles. The highest BCUT2D eigenvalue weighted by molar-refractivity contribution is 6.39. The van der Waals surface area contributed by atoms with Crippen molar-refractivity contribution in [1.29, 1.82) is 5.26 Å². The Kier molecular flexibility index (Phi) is 5.65. The molecule has 2 amide bonds. The fourth-order valence-electron chi connectivity index (χ4n) is 3.24. The monoisotopic (exact) mass is 347 g/mol. The maximum Gasteiger partial charge on any atom is 0.313 e. The van der Waals surface area contributed by atoms with E-state index in [1.807, 2.05) is 24.3 Å². The molecular weight excluding hydrogens is 326 g/mol. The first kappa shape index (κ1) is 17.7. The van der Waals surface area contributed by atoms with Gasteiger partial charge in [-0.25, -0.2) is 0 Å². The average molecular weight is 347 g/mol. The highest BCUT2D eigenvalue weighted by Crippen LogP contribution is 2.22. The number of hydrogen-bond acceptors (Lipinski definition) is 3. The van der Waals surface area contributed by atoms with Crippen LogP contribution < -0.4 is 5.32 Å². The minimum absolute atomic E-state index is 0.493. The second-order valence-electron chi connectivity index (χ2n) is 6.57. The Labute approximate surface area is 153 Å². The van der Waals surface area contributed by atoms with Crippen molar-refractivity contribution in [2.24, 2.45) is 5.92 Å². The summed E-state index contributed by atoms with van der Waals surface area (Å²) in [5.41, 5.74) is 2.34. The van der Waals surface area contributed by atoms with Crippen molar-refractivity contribution in [3.8, 4) is 6.07 Å². The number of benzene rings is 2. The standard InChI is InChI=1S/C21H21N3O2/c22-15-18-6-8-19(9-7-18)23-20(25)21(26)24-12-10-17(11-13-24)14-16-4-2-1-3-5-16/h1-9,17H,10-14H2,(H,23,25). The topological polar surface area (TPSA) is 73.2 Å². The largest absolute Gasteiger partial charge is 0.334 e. The van der Waals surface area contributed by atoms with Crippen LogP contribution in [0.3, 0.4) is 0 Å². The molecule has 1 aliphatic rings. The quantitative estimate of drug-likeness (QED) is 0.868. The number of nitrogens with one attached hydrogen (secondary N) is 1. The van der Waals surface area contributed by atoms with Crippen molar-refractivity contribution in [3.63, 3.8) is 0 Å². The number of piperidine rings is 1. The molecule has 0 atom stereocenters. The lowest BCUT2D eigenvalue weighted by atomic mass is 9.90. The minimum Gasteiger partial charge on any atom is -0.334 e. The maximum absolute atomic E-state index is 12.4. The summed E-state index contributed by atoms with van der Waals surface area (Å²) in [5.74, 6) is -0.577. The second-order valence-corrected chi connectivity index (χ2v) is 6.57. The lowest BCUT2D eigenvalue weighted by Crippen LogP contribution is -2.44. The van der Waals surface area contributed by atoms with E-state index >= 15 is 0 Å². The van der Waals surface area contributed by atoms with Crippen LogP contribution in [0.4, 0.5) is 5.69 Å². The van der Waals surface area contributed by atoms with Gasteiger partial charge in [-0.3, -0.25) is 9.59 Å². The van der Waals surface area contributed by atoms with Crippen LogP contribution in [0.15, 0.2) is 54.6 Å². The molecule has 132 valence electrons. The third-order valence-corrected chi connectivity index (χ3v) is 4.74. The zero-order chi connectivity index (χ0) is 18.4. The van der Waals surface area contributed by atoms with E-state index < -0.39 is 11.8 Å². The first-order valence-corrected chi connectivity index (χ1v) is 8.80. The third-order valence-electron chi connectivity index (χ3n) is 4.74. The molecular formula is C21H21N3O2. The van der Waals surface area contributed by atoms with Gasteiger partial charge >= 0.3 is 11.8 Å². The van der Waals surface area contributed by atoms with Crippen LogP contribution in [0, 0.1) is 17.2 Å². The molecule has 1 saturated heterocycles. The number of nitriles is 1. The molecule has 5 heteroatoms. The fourth-order valence-corrected chi connectivity index (χ4v) is 3.24. The van der Waals surface area contributed by atoms with Gasteiger partial charge in [0, 0.05) is 18.8 Å². The SMILES string of the molecule is N#Cc1ccc(NC(=O)C(=O)N2CCC(Cc3ccccc3)CC2)cc1. The Morgan fingerprint density at radius 3 is 2.31 bits per heavy atom. The zero-order valence-corrected chi connectivity index (χ0v) is 14.5. The Morgan fingerprint density at radius 2 is 1.69 bits per heavy atom. The highest BCUT2D eigenvalue weighted by atomic mass is 16.2. The van der Waals surface area contributed by atoms with Crippen molar-refractivity contribution in [2.45, 2.75) is 19.3 Å². The normalized spacial score (nSPS) is 14.5. The van der Waals surface area contributed by atoms with E-state index in [2.05, 4.69) is 17.4 Å². The molecule has 0 unspecified atom stereocenters. The predicted octanol–water partition coefficient (Wildman–Crippen LogP) is 2.98. The van der Waals surface area contributed by atoms with Crippen LogP contribution in [-0.4, -0.2) is 29.8 Å². The summed E-state index contributed by atoms with van der Waals surface area (Å²) in [6.07, 6.45) is 2.83.